The Morgan fingerprint density at radius 2 is 2.05 bits per heavy atom. The highest BCUT2D eigenvalue weighted by atomic mass is 16.7. The summed E-state index contributed by atoms with van der Waals surface area (Å²) in [4.78, 5) is 14.8. The zero-order valence-electron chi connectivity index (χ0n) is 13.2. The SMILES string of the molecule is COc1cc(C(=O)N2CCCCC2C2OCCO2)ccc1C. The number of carbonyl (C=O) groups is 1. The molecule has 0 radical (unpaired) electrons. The highest BCUT2D eigenvalue weighted by Gasteiger charge is 2.36. The zero-order valence-corrected chi connectivity index (χ0v) is 13.2. The van der Waals surface area contributed by atoms with E-state index in [9.17, 15) is 4.79 Å². The van der Waals surface area contributed by atoms with E-state index >= 15 is 0 Å². The van der Waals surface area contributed by atoms with Gasteiger partial charge < -0.3 is 19.1 Å². The molecule has 2 fully saturated rings. The number of amides is 1. The van der Waals surface area contributed by atoms with Crippen LogP contribution in [0.4, 0.5) is 0 Å². The number of rotatable bonds is 3. The van der Waals surface area contributed by atoms with Crippen molar-refractivity contribution in [2.24, 2.45) is 0 Å². The van der Waals surface area contributed by atoms with E-state index in [-0.39, 0.29) is 18.2 Å². The predicted molar refractivity (Wildman–Crippen MR) is 82.1 cm³/mol. The van der Waals surface area contributed by atoms with Crippen molar-refractivity contribution in [2.45, 2.75) is 38.5 Å². The van der Waals surface area contributed by atoms with E-state index in [2.05, 4.69) is 0 Å². The van der Waals surface area contributed by atoms with E-state index < -0.39 is 0 Å². The van der Waals surface area contributed by atoms with Gasteiger partial charge in [-0.2, -0.15) is 0 Å². The van der Waals surface area contributed by atoms with E-state index in [0.717, 1.165) is 37.1 Å². The lowest BCUT2D eigenvalue weighted by Gasteiger charge is -2.38. The van der Waals surface area contributed by atoms with Crippen LogP contribution in [-0.2, 0) is 9.47 Å². The van der Waals surface area contributed by atoms with Gasteiger partial charge in [0.2, 0.25) is 0 Å². The molecule has 0 saturated carbocycles. The summed E-state index contributed by atoms with van der Waals surface area (Å²) in [5, 5.41) is 0. The first kappa shape index (κ1) is 15.3. The monoisotopic (exact) mass is 305 g/mol. The van der Waals surface area contributed by atoms with Crippen molar-refractivity contribution >= 4 is 5.91 Å². The molecule has 1 unspecified atom stereocenters. The highest BCUT2D eigenvalue weighted by Crippen LogP contribution is 2.27. The van der Waals surface area contributed by atoms with Crippen molar-refractivity contribution in [1.29, 1.82) is 0 Å². The van der Waals surface area contributed by atoms with Crippen molar-refractivity contribution in [3.8, 4) is 5.75 Å². The molecule has 2 heterocycles. The first-order chi connectivity index (χ1) is 10.7. The molecule has 0 aliphatic carbocycles. The number of hydrogen-bond acceptors (Lipinski definition) is 4. The summed E-state index contributed by atoms with van der Waals surface area (Å²) >= 11 is 0. The third-order valence-corrected chi connectivity index (χ3v) is 4.43. The molecule has 0 aromatic heterocycles. The molecule has 1 atom stereocenters. The smallest absolute Gasteiger partial charge is 0.254 e. The summed E-state index contributed by atoms with van der Waals surface area (Å²) in [6.45, 7) is 3.95. The molecule has 1 aromatic carbocycles. The van der Waals surface area contributed by atoms with Gasteiger partial charge in [0.25, 0.3) is 5.91 Å². The third-order valence-electron chi connectivity index (χ3n) is 4.43. The Morgan fingerprint density at radius 1 is 1.27 bits per heavy atom. The minimum atomic E-state index is -0.281. The number of nitrogens with zero attached hydrogens (tertiary/aromatic N) is 1. The second kappa shape index (κ2) is 6.67. The third kappa shape index (κ3) is 2.96. The summed E-state index contributed by atoms with van der Waals surface area (Å²) in [7, 11) is 1.63. The molecule has 2 saturated heterocycles. The van der Waals surface area contributed by atoms with E-state index in [1.54, 1.807) is 7.11 Å². The van der Waals surface area contributed by atoms with Crippen LogP contribution in [0.25, 0.3) is 0 Å². The number of likely N-dealkylation sites (tertiary alicyclic amines) is 1. The maximum absolute atomic E-state index is 12.9. The van der Waals surface area contributed by atoms with Gasteiger partial charge in [0.15, 0.2) is 6.29 Å². The fraction of sp³-hybridized carbons (Fsp3) is 0.588. The molecule has 5 heteroatoms. The molecule has 0 spiro atoms. The van der Waals surface area contributed by atoms with Gasteiger partial charge in [0.1, 0.15) is 5.75 Å². The fourth-order valence-electron chi connectivity index (χ4n) is 3.21. The molecule has 0 bridgehead atoms. The summed E-state index contributed by atoms with van der Waals surface area (Å²) in [5.41, 5.74) is 1.68. The van der Waals surface area contributed by atoms with E-state index in [1.807, 2.05) is 30.0 Å². The largest absolute Gasteiger partial charge is 0.496 e. The van der Waals surface area contributed by atoms with Crippen LogP contribution in [0.5, 0.6) is 5.75 Å². The Bertz CT molecular complexity index is 539. The van der Waals surface area contributed by atoms with Crippen LogP contribution in [0.3, 0.4) is 0 Å². The number of aryl methyl sites for hydroxylation is 1. The lowest BCUT2D eigenvalue weighted by Crippen LogP contribution is -2.50. The Labute approximate surface area is 131 Å². The van der Waals surface area contributed by atoms with Crippen LogP contribution < -0.4 is 4.74 Å². The van der Waals surface area contributed by atoms with E-state index in [0.29, 0.717) is 18.8 Å². The van der Waals surface area contributed by atoms with Crippen LogP contribution in [0.2, 0.25) is 0 Å². The molecular formula is C17H23NO4. The number of piperidine rings is 1. The first-order valence-electron chi connectivity index (χ1n) is 7.89. The van der Waals surface area contributed by atoms with E-state index in [4.69, 9.17) is 14.2 Å². The van der Waals surface area contributed by atoms with Gasteiger partial charge >= 0.3 is 0 Å². The molecule has 5 nitrogen and oxygen atoms in total. The van der Waals surface area contributed by atoms with Gasteiger partial charge in [-0.05, 0) is 43.9 Å². The first-order valence-corrected chi connectivity index (χ1v) is 7.89. The molecule has 2 aliphatic heterocycles. The Kier molecular flexibility index (Phi) is 4.64. The van der Waals surface area contributed by atoms with Gasteiger partial charge in [-0.25, -0.2) is 0 Å². The Balaban J connectivity index is 1.82. The predicted octanol–water partition coefficient (Wildman–Crippen LogP) is 2.37. The lowest BCUT2D eigenvalue weighted by atomic mass is 10.00. The minimum absolute atomic E-state index is 0.0102. The van der Waals surface area contributed by atoms with Gasteiger partial charge in [-0.1, -0.05) is 6.07 Å². The average Bonchev–Trinajstić information content (AvgIpc) is 3.09. The van der Waals surface area contributed by atoms with E-state index in [1.165, 1.54) is 0 Å². The standard InChI is InChI=1S/C17H23NO4/c1-12-6-7-13(11-15(12)20-2)16(19)18-8-4-3-5-14(18)17-21-9-10-22-17/h6-7,11,14,17H,3-5,8-10H2,1-2H3. The average molecular weight is 305 g/mol. The molecule has 1 aromatic rings. The van der Waals surface area contributed by atoms with Gasteiger partial charge in [0, 0.05) is 12.1 Å². The molecular weight excluding hydrogens is 282 g/mol. The number of benzene rings is 1. The molecule has 22 heavy (non-hydrogen) atoms. The van der Waals surface area contributed by atoms with Gasteiger partial charge in [0.05, 0.1) is 26.4 Å². The number of hydrogen-bond donors (Lipinski definition) is 0. The normalized spacial score (nSPS) is 22.8. The number of carbonyl (C=O) groups excluding carboxylic acids is 1. The van der Waals surface area contributed by atoms with Crippen LogP contribution in [-0.4, -0.2) is 50.0 Å². The Morgan fingerprint density at radius 3 is 2.77 bits per heavy atom. The van der Waals surface area contributed by atoms with Crippen LogP contribution in [0.15, 0.2) is 18.2 Å². The zero-order chi connectivity index (χ0) is 15.5. The summed E-state index contributed by atoms with van der Waals surface area (Å²) < 4.78 is 16.6. The summed E-state index contributed by atoms with van der Waals surface area (Å²) in [6.07, 6.45) is 2.78. The van der Waals surface area contributed by atoms with Crippen molar-refractivity contribution in [2.75, 3.05) is 26.9 Å². The second-order valence-electron chi connectivity index (χ2n) is 5.86. The van der Waals surface area contributed by atoms with Gasteiger partial charge in [-0.15, -0.1) is 0 Å². The summed E-state index contributed by atoms with van der Waals surface area (Å²) in [6, 6.07) is 5.62. The molecule has 1 amide bonds. The van der Waals surface area contributed by atoms with Crippen LogP contribution in [0, 0.1) is 6.92 Å². The van der Waals surface area contributed by atoms with Crippen LogP contribution in [0.1, 0.15) is 35.2 Å². The maximum Gasteiger partial charge on any atom is 0.254 e. The minimum Gasteiger partial charge on any atom is -0.496 e. The van der Waals surface area contributed by atoms with Crippen LogP contribution >= 0.6 is 0 Å². The maximum atomic E-state index is 12.9. The van der Waals surface area contributed by atoms with Crippen molar-refractivity contribution < 1.29 is 19.0 Å². The topological polar surface area (TPSA) is 48.0 Å². The Hall–Kier alpha value is -1.59. The number of methoxy groups -OCH3 is 1. The molecule has 3 rings (SSSR count). The quantitative estimate of drug-likeness (QED) is 0.860. The second-order valence-corrected chi connectivity index (χ2v) is 5.86. The van der Waals surface area contributed by atoms with Crippen molar-refractivity contribution in [3.63, 3.8) is 0 Å². The molecule has 120 valence electrons. The summed E-state index contributed by atoms with van der Waals surface area (Å²) in [5.74, 6) is 0.773. The van der Waals surface area contributed by atoms with Crippen molar-refractivity contribution in [1.82, 2.24) is 4.90 Å². The molecule has 2 aliphatic rings. The molecule has 0 N–H and O–H groups in total. The number of ether oxygens (including phenoxy) is 3. The van der Waals surface area contributed by atoms with Crippen molar-refractivity contribution in [3.05, 3.63) is 29.3 Å². The fourth-order valence-corrected chi connectivity index (χ4v) is 3.21. The highest BCUT2D eigenvalue weighted by molar-refractivity contribution is 5.95. The van der Waals surface area contributed by atoms with Gasteiger partial charge in [-0.3, -0.25) is 4.79 Å². The lowest BCUT2D eigenvalue weighted by molar-refractivity contribution is -0.100.